The van der Waals surface area contributed by atoms with E-state index < -0.39 is 17.7 Å². The van der Waals surface area contributed by atoms with Crippen LogP contribution in [0.2, 0.25) is 0 Å². The fourth-order valence-corrected chi connectivity index (χ4v) is 4.00. The highest BCUT2D eigenvalue weighted by molar-refractivity contribution is 6.51. The van der Waals surface area contributed by atoms with E-state index in [4.69, 9.17) is 4.42 Å². The van der Waals surface area contributed by atoms with E-state index in [0.29, 0.717) is 22.8 Å². The number of benzene rings is 2. The third kappa shape index (κ3) is 3.46. The second kappa shape index (κ2) is 7.91. The summed E-state index contributed by atoms with van der Waals surface area (Å²) in [7, 11) is 0. The number of hydrogen-bond acceptors (Lipinski definition) is 4. The first-order valence-corrected chi connectivity index (χ1v) is 10.4. The van der Waals surface area contributed by atoms with Crippen molar-refractivity contribution in [2.45, 2.75) is 40.2 Å². The van der Waals surface area contributed by atoms with Gasteiger partial charge in [-0.05, 0) is 62.1 Å². The van der Waals surface area contributed by atoms with Crippen LogP contribution in [-0.2, 0) is 16.0 Å². The molecule has 0 bridgehead atoms. The van der Waals surface area contributed by atoms with Crippen LogP contribution < -0.4 is 4.90 Å². The van der Waals surface area contributed by atoms with Crippen LogP contribution in [-0.4, -0.2) is 16.8 Å². The molecule has 1 atom stereocenters. The van der Waals surface area contributed by atoms with Crippen LogP contribution in [0.3, 0.4) is 0 Å². The highest BCUT2D eigenvalue weighted by Gasteiger charge is 2.48. The zero-order valence-corrected chi connectivity index (χ0v) is 18.1. The van der Waals surface area contributed by atoms with Gasteiger partial charge in [0, 0.05) is 11.3 Å². The molecule has 1 aromatic heterocycles. The molecule has 31 heavy (non-hydrogen) atoms. The first kappa shape index (κ1) is 20.7. The summed E-state index contributed by atoms with van der Waals surface area (Å²) in [6, 6.07) is 15.7. The number of hydrogen-bond donors (Lipinski definition) is 1. The lowest BCUT2D eigenvalue weighted by molar-refractivity contribution is -0.132. The van der Waals surface area contributed by atoms with Gasteiger partial charge in [-0.2, -0.15) is 0 Å². The quantitative estimate of drug-likeness (QED) is 0.352. The van der Waals surface area contributed by atoms with Gasteiger partial charge in [0.2, 0.25) is 0 Å². The van der Waals surface area contributed by atoms with Gasteiger partial charge in [0.15, 0.2) is 0 Å². The normalized spacial score (nSPS) is 18.1. The Morgan fingerprint density at radius 2 is 1.71 bits per heavy atom. The first-order valence-electron chi connectivity index (χ1n) is 10.4. The van der Waals surface area contributed by atoms with Crippen molar-refractivity contribution in [2.75, 3.05) is 4.90 Å². The standard InChI is InChI=1S/C26H25NO4/c1-5-18-10-12-19(13-11-18)24(28)22-23(21-14-9-16(3)31-21)27(26(30)25(22)29)20-8-6-7-15(2)17(20)4/h6-14,23,28H,5H2,1-4H3/b24-22-. The molecule has 0 radical (unpaired) electrons. The van der Waals surface area contributed by atoms with Crippen molar-refractivity contribution in [2.24, 2.45) is 0 Å². The minimum atomic E-state index is -0.847. The second-order valence-corrected chi connectivity index (χ2v) is 7.89. The molecule has 0 spiro atoms. The molecule has 1 N–H and O–H groups in total. The maximum absolute atomic E-state index is 13.2. The lowest BCUT2D eigenvalue weighted by atomic mass is 9.98. The molecule has 1 aliphatic rings. The Kier molecular flexibility index (Phi) is 5.27. The van der Waals surface area contributed by atoms with Crippen molar-refractivity contribution in [1.82, 2.24) is 0 Å². The Balaban J connectivity index is 1.94. The Hall–Kier alpha value is -3.60. The number of aliphatic hydroxyl groups excluding tert-OH is 1. The SMILES string of the molecule is CCc1ccc(/C(O)=C2/C(=O)C(=O)N(c3cccc(C)c3C)C2c2ccc(C)o2)cc1. The predicted molar refractivity (Wildman–Crippen MR) is 120 cm³/mol. The maximum Gasteiger partial charge on any atom is 0.300 e. The van der Waals surface area contributed by atoms with Crippen LogP contribution in [0.4, 0.5) is 5.69 Å². The average molecular weight is 415 g/mol. The smallest absolute Gasteiger partial charge is 0.300 e. The Labute approximate surface area is 181 Å². The lowest BCUT2D eigenvalue weighted by Gasteiger charge is -2.25. The van der Waals surface area contributed by atoms with Gasteiger partial charge in [-0.15, -0.1) is 0 Å². The number of anilines is 1. The molecular formula is C26H25NO4. The molecule has 0 saturated carbocycles. The van der Waals surface area contributed by atoms with Crippen LogP contribution in [0, 0.1) is 20.8 Å². The molecular weight excluding hydrogens is 390 g/mol. The van der Waals surface area contributed by atoms with E-state index in [2.05, 4.69) is 0 Å². The van der Waals surface area contributed by atoms with Gasteiger partial charge in [-0.25, -0.2) is 0 Å². The zero-order chi connectivity index (χ0) is 22.3. The lowest BCUT2D eigenvalue weighted by Crippen LogP contribution is -2.30. The van der Waals surface area contributed by atoms with Gasteiger partial charge in [0.25, 0.3) is 11.7 Å². The minimum Gasteiger partial charge on any atom is -0.507 e. The van der Waals surface area contributed by atoms with E-state index in [-0.39, 0.29) is 11.3 Å². The van der Waals surface area contributed by atoms with Crippen molar-refractivity contribution in [3.05, 3.63) is 93.9 Å². The minimum absolute atomic E-state index is 0.0319. The monoisotopic (exact) mass is 415 g/mol. The van der Waals surface area contributed by atoms with Gasteiger partial charge >= 0.3 is 0 Å². The fourth-order valence-electron chi connectivity index (χ4n) is 4.00. The summed E-state index contributed by atoms with van der Waals surface area (Å²) < 4.78 is 5.85. The highest BCUT2D eigenvalue weighted by atomic mass is 16.3. The Bertz CT molecular complexity index is 1200. The molecule has 1 fully saturated rings. The second-order valence-electron chi connectivity index (χ2n) is 7.89. The van der Waals surface area contributed by atoms with E-state index in [0.717, 1.165) is 23.1 Å². The summed E-state index contributed by atoms with van der Waals surface area (Å²) in [5.41, 5.74) is 4.16. The van der Waals surface area contributed by atoms with Gasteiger partial charge in [-0.1, -0.05) is 43.3 Å². The number of rotatable bonds is 4. The Morgan fingerprint density at radius 1 is 1.00 bits per heavy atom. The van der Waals surface area contributed by atoms with Crippen molar-refractivity contribution in [1.29, 1.82) is 0 Å². The van der Waals surface area contributed by atoms with Crippen LogP contribution in [0.1, 0.15) is 46.7 Å². The summed E-state index contributed by atoms with van der Waals surface area (Å²) in [5.74, 6) is -0.512. The number of aliphatic hydroxyl groups is 1. The summed E-state index contributed by atoms with van der Waals surface area (Å²) in [5, 5.41) is 11.1. The number of ketones is 1. The van der Waals surface area contributed by atoms with Crippen LogP contribution >= 0.6 is 0 Å². The maximum atomic E-state index is 13.2. The molecule has 5 nitrogen and oxygen atoms in total. The fraction of sp³-hybridized carbons (Fsp3) is 0.231. The Morgan fingerprint density at radius 3 is 2.32 bits per heavy atom. The van der Waals surface area contributed by atoms with Gasteiger partial charge < -0.3 is 9.52 Å². The van der Waals surface area contributed by atoms with Crippen molar-refractivity contribution < 1.29 is 19.1 Å². The van der Waals surface area contributed by atoms with Gasteiger partial charge in [0.05, 0.1) is 5.57 Å². The van der Waals surface area contributed by atoms with E-state index >= 15 is 0 Å². The molecule has 1 unspecified atom stereocenters. The number of carbonyl (C=O) groups is 2. The molecule has 1 aliphatic heterocycles. The molecule has 2 aromatic carbocycles. The number of nitrogens with zero attached hydrogens (tertiary/aromatic N) is 1. The summed E-state index contributed by atoms with van der Waals surface area (Å²) in [6.45, 7) is 7.72. The molecule has 4 rings (SSSR count). The average Bonchev–Trinajstić information content (AvgIpc) is 3.31. The molecule has 0 aliphatic carbocycles. The van der Waals surface area contributed by atoms with Crippen LogP contribution in [0.25, 0.3) is 5.76 Å². The molecule has 1 amide bonds. The number of carbonyl (C=O) groups excluding carboxylic acids is 2. The molecule has 3 aromatic rings. The molecule has 2 heterocycles. The molecule has 158 valence electrons. The van der Waals surface area contributed by atoms with Crippen molar-refractivity contribution in [3.63, 3.8) is 0 Å². The first-order chi connectivity index (χ1) is 14.8. The van der Waals surface area contributed by atoms with Crippen molar-refractivity contribution >= 4 is 23.1 Å². The number of amides is 1. The third-order valence-electron chi connectivity index (χ3n) is 5.95. The summed E-state index contributed by atoms with van der Waals surface area (Å²) >= 11 is 0. The van der Waals surface area contributed by atoms with E-state index in [1.807, 2.05) is 51.1 Å². The highest BCUT2D eigenvalue weighted by Crippen LogP contribution is 2.43. The molecule has 1 saturated heterocycles. The zero-order valence-electron chi connectivity index (χ0n) is 18.1. The van der Waals surface area contributed by atoms with Crippen molar-refractivity contribution in [3.8, 4) is 0 Å². The van der Waals surface area contributed by atoms with E-state index in [1.165, 1.54) is 4.90 Å². The third-order valence-corrected chi connectivity index (χ3v) is 5.95. The number of aryl methyl sites for hydroxylation is 3. The topological polar surface area (TPSA) is 70.8 Å². The molecule has 5 heteroatoms. The predicted octanol–water partition coefficient (Wildman–Crippen LogP) is 5.39. The van der Waals surface area contributed by atoms with Crippen LogP contribution in [0.15, 0.2) is 64.6 Å². The summed E-state index contributed by atoms with van der Waals surface area (Å²) in [4.78, 5) is 27.8. The van der Waals surface area contributed by atoms with E-state index in [1.54, 1.807) is 31.2 Å². The van der Waals surface area contributed by atoms with Gasteiger partial charge in [0.1, 0.15) is 23.3 Å². The van der Waals surface area contributed by atoms with Crippen LogP contribution in [0.5, 0.6) is 0 Å². The number of Topliss-reactive ketones (excluding diaryl/α,β-unsaturated/α-hetero) is 1. The number of furan rings is 1. The summed E-state index contributed by atoms with van der Waals surface area (Å²) in [6.07, 6.45) is 0.865. The van der Waals surface area contributed by atoms with Gasteiger partial charge in [-0.3, -0.25) is 14.5 Å². The largest absolute Gasteiger partial charge is 0.507 e. The van der Waals surface area contributed by atoms with E-state index in [9.17, 15) is 14.7 Å².